The number of hydrogen-bond acceptors (Lipinski definition) is 8. The van der Waals surface area contributed by atoms with Crippen LogP contribution >= 0.6 is 11.6 Å². The smallest absolute Gasteiger partial charge is 0.411 e. The zero-order valence-electron chi connectivity index (χ0n) is 27.1. The summed E-state index contributed by atoms with van der Waals surface area (Å²) in [5, 5.41) is 12.2. The summed E-state index contributed by atoms with van der Waals surface area (Å²) in [6.07, 6.45) is 6.66. The van der Waals surface area contributed by atoms with Gasteiger partial charge in [-0.2, -0.15) is 0 Å². The number of ether oxygens (including phenoxy) is 2. The minimum Gasteiger partial charge on any atom is -0.444 e. The van der Waals surface area contributed by atoms with E-state index in [4.69, 9.17) is 26.8 Å². The van der Waals surface area contributed by atoms with Crippen molar-refractivity contribution in [2.24, 2.45) is 11.7 Å². The van der Waals surface area contributed by atoms with Gasteiger partial charge in [-0.1, -0.05) is 11.6 Å². The second kappa shape index (κ2) is 9.35. The Bertz CT molecular complexity index is 1310. The molecule has 0 radical (unpaired) electrons. The monoisotopic (exact) mass is 616 g/mol. The molecule has 2 aliphatic carbocycles. The van der Waals surface area contributed by atoms with E-state index in [1.54, 1.807) is 6.07 Å². The minimum atomic E-state index is -0.611. The van der Waals surface area contributed by atoms with Crippen LogP contribution in [0.25, 0.3) is 0 Å². The molecule has 0 spiro atoms. The molecule has 3 aliphatic heterocycles. The molecular formula is C32H49ClN6O4. The molecule has 1 unspecified atom stereocenters. The highest BCUT2D eigenvalue weighted by Crippen LogP contribution is 2.71. The van der Waals surface area contributed by atoms with Gasteiger partial charge in [0.05, 0.1) is 5.54 Å². The summed E-state index contributed by atoms with van der Waals surface area (Å²) in [7, 11) is 0. The molecule has 238 valence electrons. The second-order valence-corrected chi connectivity index (χ2v) is 17.2. The maximum Gasteiger partial charge on any atom is 0.411 e. The highest BCUT2D eigenvalue weighted by molar-refractivity contribution is 6.29. The number of carbonyl (C=O) groups excluding carboxylic acids is 2. The number of likely N-dealkylation sites (tertiary alicyclic amines) is 1. The molecule has 3 N–H and O–H groups in total. The highest BCUT2D eigenvalue weighted by Gasteiger charge is 2.79. The van der Waals surface area contributed by atoms with E-state index < -0.39 is 27.8 Å². The number of nitrogens with one attached hydrogen (secondary N) is 1. The molecule has 1 aromatic rings. The fourth-order valence-electron chi connectivity index (χ4n) is 10.0. The van der Waals surface area contributed by atoms with Crippen molar-refractivity contribution in [2.75, 3.05) is 5.32 Å². The number of carbonyl (C=O) groups is 2. The van der Waals surface area contributed by atoms with Gasteiger partial charge in [0.2, 0.25) is 0 Å². The summed E-state index contributed by atoms with van der Waals surface area (Å²) in [4.78, 5) is 31.9. The van der Waals surface area contributed by atoms with Gasteiger partial charge in [-0.25, -0.2) is 9.59 Å². The molecule has 4 bridgehead atoms. The van der Waals surface area contributed by atoms with Gasteiger partial charge in [0, 0.05) is 34.1 Å². The summed E-state index contributed by atoms with van der Waals surface area (Å²) in [6.45, 7) is 15.9. The maximum absolute atomic E-state index is 14.0. The molecule has 5 aliphatic rings. The first-order chi connectivity index (χ1) is 19.7. The van der Waals surface area contributed by atoms with Gasteiger partial charge in [0.15, 0.2) is 5.15 Å². The largest absolute Gasteiger partial charge is 0.444 e. The second-order valence-electron chi connectivity index (χ2n) is 16.8. The average molecular weight is 617 g/mol. The molecule has 0 aromatic carbocycles. The molecule has 5 fully saturated rings. The Kier molecular flexibility index (Phi) is 6.67. The molecule has 2 saturated carbocycles. The lowest BCUT2D eigenvalue weighted by Gasteiger charge is -2.65. The third kappa shape index (κ3) is 4.95. The van der Waals surface area contributed by atoms with Gasteiger partial charge in [-0.15, -0.1) is 10.2 Å². The van der Waals surface area contributed by atoms with Crippen molar-refractivity contribution in [3.05, 3.63) is 17.3 Å². The lowest BCUT2D eigenvalue weighted by atomic mass is 9.55. The number of anilines is 1. The van der Waals surface area contributed by atoms with Crippen LogP contribution < -0.4 is 11.1 Å². The molecule has 10 nitrogen and oxygen atoms in total. The summed E-state index contributed by atoms with van der Waals surface area (Å²) < 4.78 is 12.0. The van der Waals surface area contributed by atoms with Crippen molar-refractivity contribution in [1.29, 1.82) is 0 Å². The summed E-state index contributed by atoms with van der Waals surface area (Å²) >= 11 is 5.99. The van der Waals surface area contributed by atoms with Crippen LogP contribution in [0.15, 0.2) is 12.1 Å². The number of nitrogens with two attached hydrogens (primary N) is 1. The van der Waals surface area contributed by atoms with Crippen molar-refractivity contribution < 1.29 is 19.1 Å². The number of fused-ring (bicyclic) bond motifs is 3. The molecule has 3 saturated heterocycles. The molecule has 6 rings (SSSR count). The fraction of sp³-hybridized carbons (Fsp3) is 0.812. The average Bonchev–Trinajstić information content (AvgIpc) is 3.29. The Balaban J connectivity index is 1.32. The first kappa shape index (κ1) is 30.7. The molecule has 4 heterocycles. The number of hydrogen-bond donors (Lipinski definition) is 2. The molecule has 43 heavy (non-hydrogen) atoms. The minimum absolute atomic E-state index is 0.0767. The quantitative estimate of drug-likeness (QED) is 0.397. The van der Waals surface area contributed by atoms with Gasteiger partial charge in [0.25, 0.3) is 0 Å². The molecule has 1 aromatic heterocycles. The lowest BCUT2D eigenvalue weighted by Crippen LogP contribution is -2.78. The standard InChI is InChI=1S/C32H49ClN6O4/c1-26(2,3)42-24(40)38-28(7)11-12-30(38,16-20(15-28)35-23-10-9-22(33)36-37-23)13-14-31-17-21-29(8,18-32(21,34)19-31)39(31)25(41)43-27(4,5)6/h9-10,20-21H,11-19,34H2,1-8H3,(H,35,37)/t20-,21?,28-,29-,30-,31-,32-/m1/s1. The number of rotatable bonds is 5. The van der Waals surface area contributed by atoms with Crippen molar-refractivity contribution in [3.63, 3.8) is 0 Å². The van der Waals surface area contributed by atoms with E-state index >= 15 is 0 Å². The van der Waals surface area contributed by atoms with Crippen molar-refractivity contribution >= 4 is 29.6 Å². The number of amides is 2. The van der Waals surface area contributed by atoms with E-state index in [1.807, 2.05) is 47.6 Å². The predicted octanol–water partition coefficient (Wildman–Crippen LogP) is 6.27. The van der Waals surface area contributed by atoms with E-state index in [0.717, 1.165) is 57.8 Å². The Morgan fingerprint density at radius 3 is 2.16 bits per heavy atom. The zero-order valence-corrected chi connectivity index (χ0v) is 27.8. The van der Waals surface area contributed by atoms with E-state index in [9.17, 15) is 9.59 Å². The molecule has 2 amide bonds. The molecule has 11 heteroatoms. The van der Waals surface area contributed by atoms with Crippen LogP contribution in [0.4, 0.5) is 15.4 Å². The third-order valence-electron chi connectivity index (χ3n) is 11.0. The van der Waals surface area contributed by atoms with Crippen LogP contribution in [-0.4, -0.2) is 77.1 Å². The van der Waals surface area contributed by atoms with Crippen LogP contribution in [0.2, 0.25) is 5.15 Å². The number of aromatic nitrogens is 2. The van der Waals surface area contributed by atoms with Gasteiger partial charge in [-0.05, 0) is 125 Å². The number of nitrogens with zero attached hydrogens (tertiary/aromatic N) is 4. The van der Waals surface area contributed by atoms with Crippen LogP contribution in [0.3, 0.4) is 0 Å². The Labute approximate surface area is 260 Å². The summed E-state index contributed by atoms with van der Waals surface area (Å²) in [5.41, 5.74) is 3.97. The summed E-state index contributed by atoms with van der Waals surface area (Å²) in [6, 6.07) is 3.65. The van der Waals surface area contributed by atoms with Gasteiger partial charge in [-0.3, -0.25) is 9.80 Å². The van der Waals surface area contributed by atoms with Gasteiger partial charge >= 0.3 is 12.2 Å². The van der Waals surface area contributed by atoms with Crippen LogP contribution in [0.5, 0.6) is 0 Å². The Morgan fingerprint density at radius 2 is 1.56 bits per heavy atom. The van der Waals surface area contributed by atoms with E-state index in [0.29, 0.717) is 11.0 Å². The number of halogens is 1. The van der Waals surface area contributed by atoms with Crippen LogP contribution in [-0.2, 0) is 9.47 Å². The van der Waals surface area contributed by atoms with Crippen molar-refractivity contribution in [3.8, 4) is 0 Å². The highest BCUT2D eigenvalue weighted by atomic mass is 35.5. The maximum atomic E-state index is 14.0. The Morgan fingerprint density at radius 1 is 0.930 bits per heavy atom. The van der Waals surface area contributed by atoms with Gasteiger partial charge in [0.1, 0.15) is 17.0 Å². The van der Waals surface area contributed by atoms with Crippen LogP contribution in [0, 0.1) is 5.92 Å². The summed E-state index contributed by atoms with van der Waals surface area (Å²) in [5.74, 6) is 0.922. The Hall–Kier alpha value is -2.33. The SMILES string of the molecule is CC(C)(C)OC(=O)N1[C@]2(C)CC[C@@]1(CC[C@@]13CC4[C@](N)(C1)C[C@@]4(C)N3C(=O)OC(C)(C)C)C[C@H](Nc1ccc(Cl)nn1)C2. The fourth-order valence-corrected chi connectivity index (χ4v) is 10.1. The van der Waals surface area contributed by atoms with E-state index in [1.165, 1.54) is 0 Å². The topological polar surface area (TPSA) is 123 Å². The van der Waals surface area contributed by atoms with Gasteiger partial charge < -0.3 is 20.5 Å². The zero-order chi connectivity index (χ0) is 31.4. The van der Waals surface area contributed by atoms with Crippen LogP contribution in [0.1, 0.15) is 113 Å². The number of piperidine rings is 3. The molecular weight excluding hydrogens is 568 g/mol. The first-order valence-electron chi connectivity index (χ1n) is 15.8. The normalized spacial score (nSPS) is 39.5. The predicted molar refractivity (Wildman–Crippen MR) is 165 cm³/mol. The van der Waals surface area contributed by atoms with Crippen molar-refractivity contribution in [1.82, 2.24) is 20.0 Å². The first-order valence-corrected chi connectivity index (χ1v) is 16.2. The lowest BCUT2D eigenvalue weighted by molar-refractivity contribution is -0.123. The third-order valence-corrected chi connectivity index (χ3v) is 11.2. The van der Waals surface area contributed by atoms with E-state index in [-0.39, 0.29) is 35.2 Å². The molecule has 7 atom stereocenters. The van der Waals surface area contributed by atoms with E-state index in [2.05, 4.69) is 39.2 Å². The van der Waals surface area contributed by atoms with Crippen molar-refractivity contribution in [2.45, 2.75) is 158 Å².